The van der Waals surface area contributed by atoms with Crippen molar-refractivity contribution in [3.63, 3.8) is 0 Å². The minimum absolute atomic E-state index is 0.499. The fraction of sp³-hybridized carbons (Fsp3) is 0.435. The number of nitrogens with one attached hydrogen (secondary N) is 1. The number of piperidine rings is 1. The van der Waals surface area contributed by atoms with E-state index in [-0.39, 0.29) is 0 Å². The molecule has 0 amide bonds. The van der Waals surface area contributed by atoms with Gasteiger partial charge in [0.2, 0.25) is 0 Å². The molecule has 0 unspecified atom stereocenters. The lowest BCUT2D eigenvalue weighted by Gasteiger charge is -2.32. The molecule has 0 saturated carbocycles. The van der Waals surface area contributed by atoms with Crippen molar-refractivity contribution < 1.29 is 9.47 Å². The topological polar surface area (TPSA) is 46.6 Å². The summed E-state index contributed by atoms with van der Waals surface area (Å²) in [7, 11) is 1.68. The molecule has 1 fully saturated rings. The van der Waals surface area contributed by atoms with Gasteiger partial charge in [-0.15, -0.1) is 0 Å². The first kappa shape index (κ1) is 20.4. The Morgan fingerprint density at radius 1 is 1.14 bits per heavy atom. The van der Waals surface area contributed by atoms with Crippen LogP contribution in [-0.4, -0.2) is 42.7 Å². The summed E-state index contributed by atoms with van der Waals surface area (Å²) >= 11 is 0. The molecule has 1 aromatic carbocycles. The highest BCUT2D eigenvalue weighted by atomic mass is 16.5. The van der Waals surface area contributed by atoms with E-state index in [4.69, 9.17) is 9.47 Å². The van der Waals surface area contributed by atoms with Gasteiger partial charge in [-0.25, -0.2) is 0 Å². The molecule has 0 aliphatic carbocycles. The first-order valence-electron chi connectivity index (χ1n) is 9.93. The Balaban J connectivity index is 1.49. The summed E-state index contributed by atoms with van der Waals surface area (Å²) in [6.07, 6.45) is 5.90. The predicted octanol–water partition coefficient (Wildman–Crippen LogP) is 3.80. The van der Waals surface area contributed by atoms with E-state index in [0.717, 1.165) is 43.2 Å². The number of methoxy groups -OCH3 is 1. The third kappa shape index (κ3) is 6.08. The standard InChI is InChI=1S/C23H31N3O2/c1-18(2)16-26-12-8-21(9-13-26)25-15-20-4-5-22(23(14-20)27-3)28-17-19-6-10-24-11-7-19/h4-7,10-11,14,21,25H,1,8-9,12-13,15-17H2,2-3H3. The van der Waals surface area contributed by atoms with Crippen molar-refractivity contribution in [1.29, 1.82) is 0 Å². The van der Waals surface area contributed by atoms with Gasteiger partial charge in [-0.05, 0) is 68.2 Å². The van der Waals surface area contributed by atoms with Crippen LogP contribution < -0.4 is 14.8 Å². The second-order valence-corrected chi connectivity index (χ2v) is 7.52. The predicted molar refractivity (Wildman–Crippen MR) is 113 cm³/mol. The lowest BCUT2D eigenvalue weighted by atomic mass is 10.0. The Morgan fingerprint density at radius 3 is 2.57 bits per heavy atom. The maximum absolute atomic E-state index is 5.92. The Morgan fingerprint density at radius 2 is 1.89 bits per heavy atom. The van der Waals surface area contributed by atoms with Crippen LogP contribution in [0.15, 0.2) is 54.9 Å². The van der Waals surface area contributed by atoms with Crippen LogP contribution in [-0.2, 0) is 13.2 Å². The molecule has 0 spiro atoms. The van der Waals surface area contributed by atoms with Crippen LogP contribution in [0, 0.1) is 0 Å². The first-order chi connectivity index (χ1) is 13.6. The molecule has 3 rings (SSSR count). The van der Waals surface area contributed by atoms with Crippen LogP contribution in [0.25, 0.3) is 0 Å². The van der Waals surface area contributed by atoms with Gasteiger partial charge >= 0.3 is 0 Å². The highest BCUT2D eigenvalue weighted by molar-refractivity contribution is 5.43. The maximum atomic E-state index is 5.92. The molecule has 5 heteroatoms. The second kappa shape index (κ2) is 10.2. The van der Waals surface area contributed by atoms with Crippen molar-refractivity contribution in [2.75, 3.05) is 26.7 Å². The number of rotatable bonds is 9. The van der Waals surface area contributed by atoms with E-state index >= 15 is 0 Å². The zero-order valence-electron chi connectivity index (χ0n) is 17.0. The molecule has 2 aromatic rings. The summed E-state index contributed by atoms with van der Waals surface area (Å²) in [4.78, 5) is 6.51. The molecule has 1 aliphatic rings. The van der Waals surface area contributed by atoms with Crippen LogP contribution in [0.5, 0.6) is 11.5 Å². The zero-order chi connectivity index (χ0) is 19.8. The van der Waals surface area contributed by atoms with Crippen LogP contribution in [0.3, 0.4) is 0 Å². The molecule has 150 valence electrons. The summed E-state index contributed by atoms with van der Waals surface area (Å²) in [5.74, 6) is 1.53. The largest absolute Gasteiger partial charge is 0.493 e. The number of hydrogen-bond acceptors (Lipinski definition) is 5. The molecule has 1 saturated heterocycles. The fourth-order valence-corrected chi connectivity index (χ4v) is 3.52. The van der Waals surface area contributed by atoms with Crippen LogP contribution in [0.4, 0.5) is 0 Å². The van der Waals surface area contributed by atoms with Gasteiger partial charge in [0.1, 0.15) is 6.61 Å². The molecule has 2 heterocycles. The van der Waals surface area contributed by atoms with Gasteiger partial charge in [0, 0.05) is 31.5 Å². The van der Waals surface area contributed by atoms with Gasteiger partial charge in [-0.2, -0.15) is 0 Å². The van der Waals surface area contributed by atoms with Crippen molar-refractivity contribution in [2.24, 2.45) is 0 Å². The van der Waals surface area contributed by atoms with Crippen LogP contribution in [0.2, 0.25) is 0 Å². The molecular weight excluding hydrogens is 350 g/mol. The number of nitrogens with zero attached hydrogens (tertiary/aromatic N) is 2. The van der Waals surface area contributed by atoms with Crippen LogP contribution >= 0.6 is 0 Å². The molecule has 0 bridgehead atoms. The van der Waals surface area contributed by atoms with Gasteiger partial charge in [-0.3, -0.25) is 9.88 Å². The van der Waals surface area contributed by atoms with Gasteiger partial charge in [0.05, 0.1) is 7.11 Å². The van der Waals surface area contributed by atoms with E-state index in [2.05, 4.69) is 40.8 Å². The van der Waals surface area contributed by atoms with Gasteiger partial charge in [0.15, 0.2) is 11.5 Å². The Labute approximate surface area is 168 Å². The number of likely N-dealkylation sites (tertiary alicyclic amines) is 1. The number of ether oxygens (including phenoxy) is 2. The molecule has 1 aliphatic heterocycles. The molecule has 1 N–H and O–H groups in total. The Kier molecular flexibility index (Phi) is 7.46. The van der Waals surface area contributed by atoms with Crippen molar-refractivity contribution in [3.05, 3.63) is 66.0 Å². The smallest absolute Gasteiger partial charge is 0.161 e. The molecule has 28 heavy (non-hydrogen) atoms. The second-order valence-electron chi connectivity index (χ2n) is 7.52. The SMILES string of the molecule is C=C(C)CN1CCC(NCc2ccc(OCc3ccncc3)c(OC)c2)CC1. The van der Waals surface area contributed by atoms with E-state index < -0.39 is 0 Å². The molecule has 0 radical (unpaired) electrons. The molecule has 1 aromatic heterocycles. The number of pyridine rings is 1. The lowest BCUT2D eigenvalue weighted by Crippen LogP contribution is -2.42. The monoisotopic (exact) mass is 381 g/mol. The summed E-state index contributed by atoms with van der Waals surface area (Å²) in [6, 6.07) is 10.6. The number of aromatic nitrogens is 1. The highest BCUT2D eigenvalue weighted by Crippen LogP contribution is 2.29. The maximum Gasteiger partial charge on any atom is 0.161 e. The number of hydrogen-bond donors (Lipinski definition) is 1. The van der Waals surface area contributed by atoms with E-state index in [0.29, 0.717) is 12.6 Å². The van der Waals surface area contributed by atoms with Crippen molar-refractivity contribution in [1.82, 2.24) is 15.2 Å². The van der Waals surface area contributed by atoms with E-state index in [1.54, 1.807) is 19.5 Å². The average Bonchev–Trinajstić information content (AvgIpc) is 2.72. The van der Waals surface area contributed by atoms with E-state index in [1.807, 2.05) is 18.2 Å². The third-order valence-corrected chi connectivity index (χ3v) is 5.05. The summed E-state index contributed by atoms with van der Waals surface area (Å²) in [5, 5.41) is 3.69. The summed E-state index contributed by atoms with van der Waals surface area (Å²) in [5.41, 5.74) is 3.53. The minimum Gasteiger partial charge on any atom is -0.493 e. The van der Waals surface area contributed by atoms with E-state index in [1.165, 1.54) is 24.0 Å². The van der Waals surface area contributed by atoms with Crippen molar-refractivity contribution in [3.8, 4) is 11.5 Å². The van der Waals surface area contributed by atoms with Crippen molar-refractivity contribution >= 4 is 0 Å². The average molecular weight is 382 g/mol. The first-order valence-corrected chi connectivity index (χ1v) is 9.93. The van der Waals surface area contributed by atoms with Crippen molar-refractivity contribution in [2.45, 2.75) is 39.0 Å². The summed E-state index contributed by atoms with van der Waals surface area (Å²) in [6.45, 7) is 10.7. The Hall–Kier alpha value is -2.37. The van der Waals surface area contributed by atoms with Crippen LogP contribution in [0.1, 0.15) is 30.9 Å². The van der Waals surface area contributed by atoms with Gasteiger partial charge in [0.25, 0.3) is 0 Å². The molecule has 5 nitrogen and oxygen atoms in total. The third-order valence-electron chi connectivity index (χ3n) is 5.05. The van der Waals surface area contributed by atoms with Gasteiger partial charge in [-0.1, -0.05) is 18.2 Å². The van der Waals surface area contributed by atoms with E-state index in [9.17, 15) is 0 Å². The highest BCUT2D eigenvalue weighted by Gasteiger charge is 2.18. The molecule has 0 atom stereocenters. The van der Waals surface area contributed by atoms with Gasteiger partial charge < -0.3 is 14.8 Å². The minimum atomic E-state index is 0.499. The lowest BCUT2D eigenvalue weighted by molar-refractivity contribution is 0.211. The quantitative estimate of drug-likeness (QED) is 0.670. The summed E-state index contributed by atoms with van der Waals surface area (Å²) < 4.78 is 11.5. The normalized spacial score (nSPS) is 15.4. The molecular formula is C23H31N3O2. The fourth-order valence-electron chi connectivity index (χ4n) is 3.52. The number of benzene rings is 1. The zero-order valence-corrected chi connectivity index (χ0v) is 17.0. The Bertz CT molecular complexity index is 756.